The minimum Gasteiger partial charge on any atom is -0.353 e. The SMILES string of the molecule is O=C(CCc1ccccc1)NC1CCN(C(=O)c2ccccc2NC(=O)c2cccs2)CC1. The maximum Gasteiger partial charge on any atom is 0.265 e. The predicted octanol–water partition coefficient (Wildman–Crippen LogP) is 4.35. The van der Waals surface area contributed by atoms with Gasteiger partial charge in [-0.2, -0.15) is 0 Å². The fourth-order valence-electron chi connectivity index (χ4n) is 3.97. The van der Waals surface area contributed by atoms with Crippen LogP contribution in [0.4, 0.5) is 5.69 Å². The Morgan fingerprint density at radius 2 is 1.64 bits per heavy atom. The van der Waals surface area contributed by atoms with Crippen LogP contribution in [0.5, 0.6) is 0 Å². The molecule has 0 spiro atoms. The maximum absolute atomic E-state index is 13.2. The highest BCUT2D eigenvalue weighted by atomic mass is 32.1. The molecule has 3 aromatic rings. The van der Waals surface area contributed by atoms with Gasteiger partial charge in [-0.1, -0.05) is 48.5 Å². The van der Waals surface area contributed by atoms with Crippen LogP contribution in [0.1, 0.15) is 44.9 Å². The monoisotopic (exact) mass is 461 g/mol. The fourth-order valence-corrected chi connectivity index (χ4v) is 4.59. The van der Waals surface area contributed by atoms with Crippen molar-refractivity contribution in [2.75, 3.05) is 18.4 Å². The van der Waals surface area contributed by atoms with Crippen LogP contribution in [0, 0.1) is 0 Å². The molecule has 4 rings (SSSR count). The summed E-state index contributed by atoms with van der Waals surface area (Å²) in [4.78, 5) is 40.3. The Labute approximate surface area is 197 Å². The Hall–Kier alpha value is -3.45. The van der Waals surface area contributed by atoms with Crippen LogP contribution in [0.15, 0.2) is 72.1 Å². The molecular weight excluding hydrogens is 434 g/mol. The van der Waals surface area contributed by atoms with Gasteiger partial charge in [0, 0.05) is 25.6 Å². The van der Waals surface area contributed by atoms with Gasteiger partial charge in [-0.3, -0.25) is 14.4 Å². The Bertz CT molecular complexity index is 1090. The van der Waals surface area contributed by atoms with Crippen molar-refractivity contribution in [3.05, 3.63) is 88.1 Å². The number of nitrogens with one attached hydrogen (secondary N) is 2. The first-order chi connectivity index (χ1) is 16.1. The van der Waals surface area contributed by atoms with Crippen molar-refractivity contribution in [1.29, 1.82) is 0 Å². The highest BCUT2D eigenvalue weighted by Crippen LogP contribution is 2.22. The lowest BCUT2D eigenvalue weighted by Crippen LogP contribution is -2.46. The summed E-state index contributed by atoms with van der Waals surface area (Å²) in [6.45, 7) is 1.13. The molecule has 0 radical (unpaired) electrons. The van der Waals surface area contributed by atoms with E-state index in [0.717, 1.165) is 12.0 Å². The highest BCUT2D eigenvalue weighted by molar-refractivity contribution is 7.12. The number of anilines is 1. The Balaban J connectivity index is 1.29. The number of piperidine rings is 1. The summed E-state index contributed by atoms with van der Waals surface area (Å²) in [7, 11) is 0. The molecule has 0 saturated carbocycles. The van der Waals surface area contributed by atoms with Gasteiger partial charge in [0.25, 0.3) is 11.8 Å². The van der Waals surface area contributed by atoms with Crippen LogP contribution >= 0.6 is 11.3 Å². The van der Waals surface area contributed by atoms with Crippen molar-refractivity contribution in [3.63, 3.8) is 0 Å². The molecule has 1 aliphatic rings. The summed E-state index contributed by atoms with van der Waals surface area (Å²) < 4.78 is 0. The van der Waals surface area contributed by atoms with Crippen molar-refractivity contribution in [3.8, 4) is 0 Å². The summed E-state index contributed by atoms with van der Waals surface area (Å²) in [6.07, 6.45) is 2.61. The molecule has 1 saturated heterocycles. The van der Waals surface area contributed by atoms with E-state index in [-0.39, 0.29) is 23.8 Å². The number of rotatable bonds is 7. The molecule has 7 heteroatoms. The summed E-state index contributed by atoms with van der Waals surface area (Å²) in [5.41, 5.74) is 2.14. The van der Waals surface area contributed by atoms with Gasteiger partial charge in [-0.05, 0) is 48.4 Å². The lowest BCUT2D eigenvalue weighted by atomic mass is 10.0. The average molecular weight is 462 g/mol. The van der Waals surface area contributed by atoms with Gasteiger partial charge >= 0.3 is 0 Å². The summed E-state index contributed by atoms with van der Waals surface area (Å²) in [6, 6.07) is 20.7. The molecular formula is C26H27N3O3S. The molecule has 0 atom stereocenters. The minimum atomic E-state index is -0.220. The van der Waals surface area contributed by atoms with Crippen LogP contribution in [-0.2, 0) is 11.2 Å². The van der Waals surface area contributed by atoms with E-state index < -0.39 is 0 Å². The molecule has 33 heavy (non-hydrogen) atoms. The largest absolute Gasteiger partial charge is 0.353 e. The number of thiophene rings is 1. The van der Waals surface area contributed by atoms with Crippen LogP contribution in [0.3, 0.4) is 0 Å². The minimum absolute atomic E-state index is 0.0465. The van der Waals surface area contributed by atoms with E-state index in [4.69, 9.17) is 0 Å². The maximum atomic E-state index is 13.2. The number of carbonyl (C=O) groups excluding carboxylic acids is 3. The third-order valence-electron chi connectivity index (χ3n) is 5.78. The molecule has 3 amide bonds. The molecule has 1 aromatic heterocycles. The van der Waals surface area contributed by atoms with Gasteiger partial charge in [-0.15, -0.1) is 11.3 Å². The van der Waals surface area contributed by atoms with Gasteiger partial charge < -0.3 is 15.5 Å². The third kappa shape index (κ3) is 6.08. The Morgan fingerprint density at radius 1 is 0.909 bits per heavy atom. The molecule has 2 N–H and O–H groups in total. The summed E-state index contributed by atoms with van der Waals surface area (Å²) in [5, 5.41) is 7.81. The zero-order valence-electron chi connectivity index (χ0n) is 18.3. The molecule has 170 valence electrons. The molecule has 0 bridgehead atoms. The lowest BCUT2D eigenvalue weighted by Gasteiger charge is -2.33. The van der Waals surface area contributed by atoms with Crippen molar-refractivity contribution in [2.24, 2.45) is 0 Å². The predicted molar refractivity (Wildman–Crippen MR) is 131 cm³/mol. The second-order valence-corrected chi connectivity index (χ2v) is 9.04. The van der Waals surface area contributed by atoms with E-state index >= 15 is 0 Å². The van der Waals surface area contributed by atoms with Gasteiger partial charge in [-0.25, -0.2) is 0 Å². The van der Waals surface area contributed by atoms with Crippen molar-refractivity contribution < 1.29 is 14.4 Å². The fraction of sp³-hybridized carbons (Fsp3) is 0.269. The van der Waals surface area contributed by atoms with E-state index in [9.17, 15) is 14.4 Å². The standard InChI is InChI=1S/C26H27N3O3S/c30-24(13-12-19-7-2-1-3-8-19)27-20-14-16-29(17-15-20)26(32)21-9-4-5-10-22(21)28-25(31)23-11-6-18-33-23/h1-11,18,20H,12-17H2,(H,27,30)(H,28,31). The first-order valence-electron chi connectivity index (χ1n) is 11.2. The molecule has 0 aliphatic carbocycles. The van der Waals surface area contributed by atoms with E-state index in [1.165, 1.54) is 11.3 Å². The number of benzene rings is 2. The number of hydrogen-bond donors (Lipinski definition) is 2. The van der Waals surface area contributed by atoms with Crippen LogP contribution in [0.25, 0.3) is 0 Å². The van der Waals surface area contributed by atoms with Crippen LogP contribution in [-0.4, -0.2) is 41.8 Å². The first-order valence-corrected chi connectivity index (χ1v) is 12.0. The van der Waals surface area contributed by atoms with Gasteiger partial charge in [0.2, 0.25) is 5.91 Å². The molecule has 1 aliphatic heterocycles. The van der Waals surface area contributed by atoms with Crippen molar-refractivity contribution >= 4 is 34.7 Å². The van der Waals surface area contributed by atoms with E-state index in [2.05, 4.69) is 10.6 Å². The Morgan fingerprint density at radius 3 is 2.36 bits per heavy atom. The van der Waals surface area contributed by atoms with E-state index in [1.807, 2.05) is 41.8 Å². The number of likely N-dealkylation sites (tertiary alicyclic amines) is 1. The number of carbonyl (C=O) groups is 3. The van der Waals surface area contributed by atoms with E-state index in [0.29, 0.717) is 48.5 Å². The average Bonchev–Trinajstić information content (AvgIpc) is 3.39. The lowest BCUT2D eigenvalue weighted by molar-refractivity contribution is -0.122. The van der Waals surface area contributed by atoms with Crippen LogP contribution < -0.4 is 10.6 Å². The topological polar surface area (TPSA) is 78.5 Å². The smallest absolute Gasteiger partial charge is 0.265 e. The zero-order valence-corrected chi connectivity index (χ0v) is 19.1. The van der Waals surface area contributed by atoms with Gasteiger partial charge in [0.15, 0.2) is 0 Å². The van der Waals surface area contributed by atoms with Gasteiger partial charge in [0.1, 0.15) is 0 Å². The molecule has 1 fully saturated rings. The first kappa shape index (κ1) is 22.7. The zero-order chi connectivity index (χ0) is 23.0. The molecule has 2 heterocycles. The van der Waals surface area contributed by atoms with Crippen molar-refractivity contribution in [1.82, 2.24) is 10.2 Å². The molecule has 2 aromatic carbocycles. The number of amides is 3. The van der Waals surface area contributed by atoms with Crippen molar-refractivity contribution in [2.45, 2.75) is 31.7 Å². The third-order valence-corrected chi connectivity index (χ3v) is 6.65. The number of nitrogens with zero attached hydrogens (tertiary/aromatic N) is 1. The van der Waals surface area contributed by atoms with E-state index in [1.54, 1.807) is 35.2 Å². The second-order valence-electron chi connectivity index (χ2n) is 8.10. The Kier molecular flexibility index (Phi) is 7.52. The summed E-state index contributed by atoms with van der Waals surface area (Å²) in [5.74, 6) is -0.279. The van der Waals surface area contributed by atoms with Crippen LogP contribution in [0.2, 0.25) is 0 Å². The molecule has 6 nitrogen and oxygen atoms in total. The second kappa shape index (κ2) is 10.9. The molecule has 0 unspecified atom stereocenters. The quantitative estimate of drug-likeness (QED) is 0.549. The van der Waals surface area contributed by atoms with Gasteiger partial charge in [0.05, 0.1) is 16.1 Å². The number of aryl methyl sites for hydroxylation is 1. The normalized spacial score (nSPS) is 14.0. The number of hydrogen-bond acceptors (Lipinski definition) is 4. The summed E-state index contributed by atoms with van der Waals surface area (Å²) >= 11 is 1.36. The highest BCUT2D eigenvalue weighted by Gasteiger charge is 2.26. The number of para-hydroxylation sites is 1.